The third-order valence-corrected chi connectivity index (χ3v) is 6.05. The molecule has 6 nitrogen and oxygen atoms in total. The molecule has 1 unspecified atom stereocenters. The molecular formula is C27H30ClN5O. The Kier molecular flexibility index (Phi) is 7.63. The molecule has 0 aliphatic carbocycles. The van der Waals surface area contributed by atoms with Crippen LogP contribution in [0.15, 0.2) is 71.5 Å². The summed E-state index contributed by atoms with van der Waals surface area (Å²) in [6, 6.07) is 15.8. The molecule has 1 atom stereocenters. The lowest BCUT2D eigenvalue weighted by molar-refractivity contribution is -0.185. The molecule has 0 saturated carbocycles. The van der Waals surface area contributed by atoms with Gasteiger partial charge in [0.1, 0.15) is 5.84 Å². The van der Waals surface area contributed by atoms with Crippen molar-refractivity contribution in [1.82, 2.24) is 10.0 Å². The molecule has 3 aromatic rings. The van der Waals surface area contributed by atoms with Gasteiger partial charge in [-0.2, -0.15) is 5.06 Å². The van der Waals surface area contributed by atoms with Crippen molar-refractivity contribution >= 4 is 34.9 Å². The first-order chi connectivity index (χ1) is 16.4. The summed E-state index contributed by atoms with van der Waals surface area (Å²) in [7, 11) is 0. The SMILES string of the molecule is CCCN(OCc1ccc(N)cc1)C(C)C1=Cc2ccc(-c3cncc(Cl)c3)cc2N=C(N)C1. The minimum absolute atomic E-state index is 0.0326. The fourth-order valence-corrected chi connectivity index (χ4v) is 4.15. The highest BCUT2D eigenvalue weighted by Gasteiger charge is 2.22. The molecule has 0 radical (unpaired) electrons. The zero-order valence-electron chi connectivity index (χ0n) is 19.5. The monoisotopic (exact) mass is 475 g/mol. The first-order valence-electron chi connectivity index (χ1n) is 11.5. The van der Waals surface area contributed by atoms with Crippen molar-refractivity contribution in [3.05, 3.63) is 82.6 Å². The zero-order valence-corrected chi connectivity index (χ0v) is 20.3. The number of anilines is 1. The second-order valence-electron chi connectivity index (χ2n) is 8.50. The minimum Gasteiger partial charge on any atom is -0.399 e. The van der Waals surface area contributed by atoms with Crippen LogP contribution in [0.2, 0.25) is 5.02 Å². The van der Waals surface area contributed by atoms with Gasteiger partial charge in [-0.15, -0.1) is 0 Å². The number of pyridine rings is 1. The van der Waals surface area contributed by atoms with Gasteiger partial charge in [-0.3, -0.25) is 9.82 Å². The molecule has 0 amide bonds. The lowest BCUT2D eigenvalue weighted by Gasteiger charge is -2.29. The summed E-state index contributed by atoms with van der Waals surface area (Å²) >= 11 is 6.13. The zero-order chi connectivity index (χ0) is 24.1. The number of amidine groups is 1. The number of rotatable bonds is 8. The molecule has 0 bridgehead atoms. The van der Waals surface area contributed by atoms with E-state index in [9.17, 15) is 0 Å². The molecule has 7 heteroatoms. The van der Waals surface area contributed by atoms with E-state index in [2.05, 4.69) is 37.0 Å². The van der Waals surface area contributed by atoms with Crippen molar-refractivity contribution < 1.29 is 4.84 Å². The van der Waals surface area contributed by atoms with Crippen LogP contribution in [0.25, 0.3) is 17.2 Å². The van der Waals surface area contributed by atoms with E-state index in [0.29, 0.717) is 23.9 Å². The van der Waals surface area contributed by atoms with Crippen molar-refractivity contribution in [3.8, 4) is 11.1 Å². The van der Waals surface area contributed by atoms with Gasteiger partial charge in [0, 0.05) is 42.2 Å². The molecule has 2 aromatic carbocycles. The van der Waals surface area contributed by atoms with E-state index in [0.717, 1.165) is 52.2 Å². The Morgan fingerprint density at radius 2 is 1.85 bits per heavy atom. The number of nitrogens with zero attached hydrogens (tertiary/aromatic N) is 3. The molecule has 0 saturated heterocycles. The largest absolute Gasteiger partial charge is 0.399 e. The van der Waals surface area contributed by atoms with Gasteiger partial charge >= 0.3 is 0 Å². The van der Waals surface area contributed by atoms with Crippen molar-refractivity contribution in [2.75, 3.05) is 12.3 Å². The van der Waals surface area contributed by atoms with Gasteiger partial charge in [-0.05, 0) is 54.3 Å². The Balaban J connectivity index is 1.58. The number of hydroxylamine groups is 2. The van der Waals surface area contributed by atoms with E-state index in [1.54, 1.807) is 12.4 Å². The van der Waals surface area contributed by atoms with Crippen LogP contribution in [0.3, 0.4) is 0 Å². The number of fused-ring (bicyclic) bond motifs is 1. The highest BCUT2D eigenvalue weighted by molar-refractivity contribution is 6.30. The van der Waals surface area contributed by atoms with Gasteiger partial charge in [-0.1, -0.05) is 48.9 Å². The van der Waals surface area contributed by atoms with Crippen LogP contribution in [0, 0.1) is 0 Å². The summed E-state index contributed by atoms with van der Waals surface area (Å²) in [4.78, 5) is 15.1. The maximum Gasteiger partial charge on any atom is 0.104 e. The van der Waals surface area contributed by atoms with Crippen LogP contribution >= 0.6 is 11.6 Å². The van der Waals surface area contributed by atoms with Crippen molar-refractivity contribution in [1.29, 1.82) is 0 Å². The Morgan fingerprint density at radius 3 is 2.59 bits per heavy atom. The van der Waals surface area contributed by atoms with Crippen LogP contribution in [-0.2, 0) is 11.4 Å². The van der Waals surface area contributed by atoms with Crippen LogP contribution < -0.4 is 11.5 Å². The Hall–Kier alpha value is -3.19. The highest BCUT2D eigenvalue weighted by Crippen LogP contribution is 2.33. The Labute approximate surface area is 205 Å². The van der Waals surface area contributed by atoms with Gasteiger partial charge in [0.2, 0.25) is 0 Å². The third-order valence-electron chi connectivity index (χ3n) is 5.85. The maximum absolute atomic E-state index is 6.35. The number of hydrogen-bond donors (Lipinski definition) is 2. The van der Waals surface area contributed by atoms with Crippen molar-refractivity contribution in [2.24, 2.45) is 10.7 Å². The average Bonchev–Trinajstić information content (AvgIpc) is 2.99. The van der Waals surface area contributed by atoms with Gasteiger partial charge in [0.15, 0.2) is 0 Å². The molecule has 176 valence electrons. The average molecular weight is 476 g/mol. The predicted molar refractivity (Wildman–Crippen MR) is 141 cm³/mol. The number of halogens is 1. The van der Waals surface area contributed by atoms with Crippen LogP contribution in [0.5, 0.6) is 0 Å². The number of nitrogen functional groups attached to an aromatic ring is 1. The normalized spacial score (nSPS) is 14.2. The van der Waals surface area contributed by atoms with Crippen LogP contribution in [0.4, 0.5) is 11.4 Å². The van der Waals surface area contributed by atoms with Gasteiger partial charge in [0.05, 0.1) is 23.4 Å². The van der Waals surface area contributed by atoms with E-state index in [1.165, 1.54) is 0 Å². The number of benzene rings is 2. The summed E-state index contributed by atoms with van der Waals surface area (Å²) in [5.41, 5.74) is 18.9. The summed E-state index contributed by atoms with van der Waals surface area (Å²) in [5.74, 6) is 0.577. The second kappa shape index (κ2) is 10.8. The fraction of sp³-hybridized carbons (Fsp3) is 0.259. The van der Waals surface area contributed by atoms with Crippen LogP contribution in [0.1, 0.15) is 37.8 Å². The summed E-state index contributed by atoms with van der Waals surface area (Å²) in [5, 5.41) is 2.63. The molecule has 1 aliphatic rings. The topological polar surface area (TPSA) is 89.8 Å². The summed E-state index contributed by atoms with van der Waals surface area (Å²) < 4.78 is 0. The molecule has 0 spiro atoms. The minimum atomic E-state index is 0.0326. The van der Waals surface area contributed by atoms with Crippen molar-refractivity contribution in [3.63, 3.8) is 0 Å². The van der Waals surface area contributed by atoms with E-state index in [4.69, 9.17) is 32.9 Å². The van der Waals surface area contributed by atoms with Gasteiger partial charge in [0.25, 0.3) is 0 Å². The Morgan fingerprint density at radius 1 is 1.06 bits per heavy atom. The van der Waals surface area contributed by atoms with E-state index >= 15 is 0 Å². The van der Waals surface area contributed by atoms with E-state index in [-0.39, 0.29) is 6.04 Å². The molecule has 34 heavy (non-hydrogen) atoms. The molecule has 0 fully saturated rings. The standard InChI is InChI=1S/C27H30ClN5O/c1-3-10-33(34-17-19-4-8-25(29)9-5-19)18(2)22-11-21-7-6-20(13-26(21)32-27(30)14-22)23-12-24(28)16-31-15-23/h4-9,11-13,15-16,18H,3,10,14,17,29H2,1-2H3,(H2,30,32). The number of hydrogen-bond acceptors (Lipinski definition) is 6. The lowest BCUT2D eigenvalue weighted by atomic mass is 9.99. The van der Waals surface area contributed by atoms with Crippen LogP contribution in [-0.4, -0.2) is 28.5 Å². The number of aliphatic imine (C=N–C) groups is 1. The quantitative estimate of drug-likeness (QED) is 0.308. The first-order valence-corrected chi connectivity index (χ1v) is 11.8. The Bertz CT molecular complexity index is 1210. The predicted octanol–water partition coefficient (Wildman–Crippen LogP) is 5.99. The molecule has 1 aromatic heterocycles. The summed E-state index contributed by atoms with van der Waals surface area (Å²) in [6.45, 7) is 5.58. The number of aromatic nitrogens is 1. The molecule has 4 N–H and O–H groups in total. The number of nitrogens with two attached hydrogens (primary N) is 2. The van der Waals surface area contributed by atoms with Gasteiger partial charge < -0.3 is 11.5 Å². The lowest BCUT2D eigenvalue weighted by Crippen LogP contribution is -2.36. The maximum atomic E-state index is 6.35. The smallest absolute Gasteiger partial charge is 0.104 e. The fourth-order valence-electron chi connectivity index (χ4n) is 3.98. The highest BCUT2D eigenvalue weighted by atomic mass is 35.5. The molecule has 4 rings (SSSR count). The molecule has 1 aliphatic heterocycles. The first kappa shape index (κ1) is 24.0. The second-order valence-corrected chi connectivity index (χ2v) is 8.93. The summed E-state index contributed by atoms with van der Waals surface area (Å²) in [6.07, 6.45) is 7.14. The van der Waals surface area contributed by atoms with E-state index < -0.39 is 0 Å². The van der Waals surface area contributed by atoms with E-state index in [1.807, 2.05) is 41.5 Å². The van der Waals surface area contributed by atoms with Gasteiger partial charge in [-0.25, -0.2) is 4.99 Å². The molecular weight excluding hydrogens is 446 g/mol. The third kappa shape index (κ3) is 5.83. The molecule has 2 heterocycles. The van der Waals surface area contributed by atoms with Crippen molar-refractivity contribution in [2.45, 2.75) is 39.3 Å².